The number of hydrogen-bond acceptors (Lipinski definition) is 3. The second-order valence-corrected chi connectivity index (χ2v) is 7.57. The van der Waals surface area contributed by atoms with E-state index < -0.39 is 11.9 Å². The summed E-state index contributed by atoms with van der Waals surface area (Å²) in [5.74, 6) is 1.45. The number of nitrogens with zero attached hydrogens (tertiary/aromatic N) is 1. The summed E-state index contributed by atoms with van der Waals surface area (Å²) in [6.45, 7) is 5.09. The number of benzene rings is 1. The van der Waals surface area contributed by atoms with Crippen LogP contribution in [0.25, 0.3) is 0 Å². The molecule has 0 saturated heterocycles. The molecule has 4 nitrogen and oxygen atoms in total. The van der Waals surface area contributed by atoms with Crippen LogP contribution in [0.5, 0.6) is 0 Å². The van der Waals surface area contributed by atoms with Crippen LogP contribution in [0.3, 0.4) is 0 Å². The molecule has 1 aromatic carbocycles. The van der Waals surface area contributed by atoms with E-state index in [9.17, 15) is 9.50 Å². The van der Waals surface area contributed by atoms with Gasteiger partial charge in [-0.25, -0.2) is 4.39 Å². The average Bonchev–Trinajstić information content (AvgIpc) is 3.00. The average molecular weight is 481 g/mol. The molecule has 0 amide bonds. The van der Waals surface area contributed by atoms with Gasteiger partial charge in [0.1, 0.15) is 11.9 Å². The number of aliphatic hydroxyl groups excluding tert-OH is 1. The quantitative estimate of drug-likeness (QED) is 0.316. The van der Waals surface area contributed by atoms with Crippen LogP contribution < -0.4 is 10.6 Å². The van der Waals surface area contributed by atoms with Crippen LogP contribution in [-0.4, -0.2) is 41.2 Å². The van der Waals surface area contributed by atoms with E-state index in [2.05, 4.69) is 22.5 Å². The van der Waals surface area contributed by atoms with Crippen LogP contribution in [0, 0.1) is 5.82 Å². The summed E-state index contributed by atoms with van der Waals surface area (Å²) in [4.78, 5) is 4.44. The highest BCUT2D eigenvalue weighted by Gasteiger charge is 2.25. The van der Waals surface area contributed by atoms with E-state index in [1.807, 2.05) is 18.7 Å². The van der Waals surface area contributed by atoms with E-state index in [0.29, 0.717) is 12.0 Å². The summed E-state index contributed by atoms with van der Waals surface area (Å²) >= 11 is 2.02. The summed E-state index contributed by atoms with van der Waals surface area (Å²) in [5, 5.41) is 17.6. The van der Waals surface area contributed by atoms with Gasteiger partial charge in [0.05, 0.1) is 6.54 Å². The summed E-state index contributed by atoms with van der Waals surface area (Å²) < 4.78 is 13.7. The van der Waals surface area contributed by atoms with Gasteiger partial charge >= 0.3 is 0 Å². The van der Waals surface area contributed by atoms with E-state index in [0.717, 1.165) is 30.4 Å². The monoisotopic (exact) mass is 481 g/mol. The van der Waals surface area contributed by atoms with Crippen molar-refractivity contribution in [3.8, 4) is 0 Å². The smallest absolute Gasteiger partial charge is 0.191 e. The number of aliphatic hydroxyl groups is 1. The van der Waals surface area contributed by atoms with Crippen LogP contribution in [0.1, 0.15) is 44.8 Å². The van der Waals surface area contributed by atoms with Crippen LogP contribution in [-0.2, 0) is 0 Å². The van der Waals surface area contributed by atoms with Gasteiger partial charge in [0.25, 0.3) is 0 Å². The first-order chi connectivity index (χ1) is 11.6. The Morgan fingerprint density at radius 2 is 2.12 bits per heavy atom. The van der Waals surface area contributed by atoms with Crippen molar-refractivity contribution in [3.63, 3.8) is 0 Å². The van der Waals surface area contributed by atoms with Gasteiger partial charge in [0.2, 0.25) is 0 Å². The molecule has 142 valence electrons. The Balaban J connectivity index is 0.00000312. The fraction of sp³-hybridized carbons (Fsp3) is 0.611. The van der Waals surface area contributed by atoms with Crippen LogP contribution >= 0.6 is 35.7 Å². The highest BCUT2D eigenvalue weighted by atomic mass is 127. The topological polar surface area (TPSA) is 56.7 Å². The molecule has 7 heteroatoms. The van der Waals surface area contributed by atoms with Crippen molar-refractivity contribution in [2.24, 2.45) is 4.99 Å². The number of nitrogens with one attached hydrogen (secondary N) is 2. The van der Waals surface area contributed by atoms with E-state index in [1.165, 1.54) is 12.5 Å². The minimum atomic E-state index is -0.936. The van der Waals surface area contributed by atoms with Gasteiger partial charge in [0, 0.05) is 23.4 Å². The maximum Gasteiger partial charge on any atom is 0.191 e. The van der Waals surface area contributed by atoms with Gasteiger partial charge in [0.15, 0.2) is 5.96 Å². The maximum absolute atomic E-state index is 13.7. The molecule has 25 heavy (non-hydrogen) atoms. The minimum absolute atomic E-state index is 0. The summed E-state index contributed by atoms with van der Waals surface area (Å²) in [6.07, 6.45) is 2.57. The Morgan fingerprint density at radius 3 is 2.80 bits per heavy atom. The summed E-state index contributed by atoms with van der Waals surface area (Å²) in [7, 11) is 0. The Kier molecular flexibility index (Phi) is 10.8. The molecule has 0 spiro atoms. The SMILES string of the molecule is CCNC(=NCC(O)c1ccccc1F)NC1CCC(SCC)C1.I. The molecule has 3 unspecified atom stereocenters. The predicted molar refractivity (Wildman–Crippen MR) is 115 cm³/mol. The zero-order valence-corrected chi connectivity index (χ0v) is 18.0. The van der Waals surface area contributed by atoms with Crippen molar-refractivity contribution in [1.29, 1.82) is 0 Å². The molecule has 2 rings (SSSR count). The van der Waals surface area contributed by atoms with Crippen LogP contribution in [0.4, 0.5) is 4.39 Å². The zero-order valence-electron chi connectivity index (χ0n) is 14.9. The third-order valence-electron chi connectivity index (χ3n) is 4.16. The molecule has 0 bridgehead atoms. The number of thioether (sulfide) groups is 1. The Bertz CT molecular complexity index is 547. The van der Waals surface area contributed by atoms with Crippen LogP contribution in [0.15, 0.2) is 29.3 Å². The van der Waals surface area contributed by atoms with Gasteiger partial charge in [-0.2, -0.15) is 11.8 Å². The molecule has 1 aliphatic rings. The number of guanidine groups is 1. The second kappa shape index (κ2) is 12.0. The molecule has 0 aromatic heterocycles. The highest BCUT2D eigenvalue weighted by Crippen LogP contribution is 2.29. The Labute approximate surface area is 171 Å². The molecular formula is C18H29FIN3OS. The molecule has 0 radical (unpaired) electrons. The van der Waals surface area contributed by atoms with Crippen molar-refractivity contribution in [1.82, 2.24) is 10.6 Å². The molecule has 0 aliphatic heterocycles. The minimum Gasteiger partial charge on any atom is -0.386 e. The fourth-order valence-electron chi connectivity index (χ4n) is 2.99. The fourth-order valence-corrected chi connectivity index (χ4v) is 4.14. The van der Waals surface area contributed by atoms with Gasteiger partial charge in [-0.05, 0) is 38.0 Å². The molecule has 3 atom stereocenters. The molecule has 3 N–H and O–H groups in total. The highest BCUT2D eigenvalue weighted by molar-refractivity contribution is 14.0. The normalized spacial score (nSPS) is 21.5. The van der Waals surface area contributed by atoms with Gasteiger partial charge in [-0.15, -0.1) is 24.0 Å². The second-order valence-electron chi connectivity index (χ2n) is 5.99. The standard InChI is InChI=1S/C18H28FN3OS.HI/c1-3-20-18(22-13-9-10-14(11-13)24-4-2)21-12-17(23)15-7-5-6-8-16(15)19;/h5-8,13-14,17,23H,3-4,9-12H2,1-2H3,(H2,20,21,22);1H. The molecular weight excluding hydrogens is 452 g/mol. The van der Waals surface area contributed by atoms with Crippen LogP contribution in [0.2, 0.25) is 0 Å². The Morgan fingerprint density at radius 1 is 1.36 bits per heavy atom. The van der Waals surface area contributed by atoms with E-state index in [1.54, 1.807) is 18.2 Å². The molecule has 1 aromatic rings. The molecule has 0 heterocycles. The number of hydrogen-bond donors (Lipinski definition) is 3. The van der Waals surface area contributed by atoms with Gasteiger partial charge in [-0.1, -0.05) is 25.1 Å². The molecule has 1 fully saturated rings. The third kappa shape index (κ3) is 7.30. The maximum atomic E-state index is 13.7. The van der Waals surface area contributed by atoms with Gasteiger partial charge in [-0.3, -0.25) is 4.99 Å². The molecule has 1 saturated carbocycles. The van der Waals surface area contributed by atoms with Crippen molar-refractivity contribution in [2.45, 2.75) is 50.5 Å². The lowest BCUT2D eigenvalue weighted by Gasteiger charge is -2.18. The summed E-state index contributed by atoms with van der Waals surface area (Å²) in [5.41, 5.74) is 0.289. The van der Waals surface area contributed by atoms with E-state index >= 15 is 0 Å². The lowest BCUT2D eigenvalue weighted by molar-refractivity contribution is 0.182. The van der Waals surface area contributed by atoms with Crippen molar-refractivity contribution >= 4 is 41.7 Å². The van der Waals surface area contributed by atoms with E-state index in [4.69, 9.17) is 0 Å². The summed E-state index contributed by atoms with van der Waals surface area (Å²) in [6, 6.07) is 6.71. The van der Waals surface area contributed by atoms with Crippen molar-refractivity contribution < 1.29 is 9.50 Å². The van der Waals surface area contributed by atoms with E-state index in [-0.39, 0.29) is 36.1 Å². The first-order valence-electron chi connectivity index (χ1n) is 8.73. The third-order valence-corrected chi connectivity index (χ3v) is 5.39. The van der Waals surface area contributed by atoms with Crippen molar-refractivity contribution in [2.75, 3.05) is 18.8 Å². The largest absolute Gasteiger partial charge is 0.386 e. The first kappa shape index (κ1) is 22.5. The lowest BCUT2D eigenvalue weighted by Crippen LogP contribution is -2.42. The van der Waals surface area contributed by atoms with Crippen molar-refractivity contribution in [3.05, 3.63) is 35.6 Å². The van der Waals surface area contributed by atoms with Gasteiger partial charge < -0.3 is 15.7 Å². The lowest BCUT2D eigenvalue weighted by atomic mass is 10.1. The Hall–Kier alpha value is -0.540. The number of rotatable bonds is 7. The zero-order chi connectivity index (χ0) is 17.4. The number of halogens is 2. The number of aliphatic imine (C=N–C) groups is 1. The molecule has 1 aliphatic carbocycles. The predicted octanol–water partition coefficient (Wildman–Crippen LogP) is 3.71. The first-order valence-corrected chi connectivity index (χ1v) is 9.77.